The Bertz CT molecular complexity index is 131. The van der Waals surface area contributed by atoms with Crippen molar-refractivity contribution in [1.29, 1.82) is 0 Å². The molecule has 0 atom stereocenters. The predicted molar refractivity (Wildman–Crippen MR) is 39.3 cm³/mol. The fraction of sp³-hybridized carbons (Fsp3) is 0.500. The summed E-state index contributed by atoms with van der Waals surface area (Å²) >= 11 is 4.40. The minimum Gasteiger partial charge on any atom is -0.222 e. The summed E-state index contributed by atoms with van der Waals surface area (Å²) in [5, 5.41) is 2.30. The van der Waals surface area contributed by atoms with E-state index in [1.165, 1.54) is 0 Å². The van der Waals surface area contributed by atoms with Crippen molar-refractivity contribution in [1.82, 2.24) is 0 Å². The Morgan fingerprint density at radius 2 is 2.25 bits per heavy atom. The summed E-state index contributed by atoms with van der Waals surface area (Å²) in [6.07, 6.45) is 1.73. The minimum absolute atomic E-state index is 0.234. The zero-order chi connectivity index (χ0) is 6.62. The van der Waals surface area contributed by atoms with E-state index in [2.05, 4.69) is 29.0 Å². The van der Waals surface area contributed by atoms with Gasteiger partial charge in [-0.15, -0.1) is 6.58 Å². The molecule has 0 fully saturated rings. The maximum Gasteiger partial charge on any atom is 0.0831 e. The molecular weight excluding hydrogens is 118 g/mol. The molecule has 0 amide bonds. The highest BCUT2D eigenvalue weighted by molar-refractivity contribution is 7.78. The van der Waals surface area contributed by atoms with Gasteiger partial charge in [-0.1, -0.05) is 6.08 Å². The van der Waals surface area contributed by atoms with Crippen LogP contribution in [-0.4, -0.2) is 10.7 Å². The summed E-state index contributed by atoms with van der Waals surface area (Å²) in [7, 11) is 0. The second kappa shape index (κ2) is 2.75. The first-order chi connectivity index (χ1) is 3.62. The number of thiocarbonyl (C=S) groups is 1. The molecule has 0 spiro atoms. The SMILES string of the molecule is C=CC(C)(C)N=C=S. The van der Waals surface area contributed by atoms with E-state index in [4.69, 9.17) is 0 Å². The summed E-state index contributed by atoms with van der Waals surface area (Å²) in [6, 6.07) is 0. The number of nitrogens with zero attached hydrogens (tertiary/aromatic N) is 1. The number of isothiocyanates is 1. The molecule has 0 aliphatic heterocycles. The molecule has 0 N–H and O–H groups in total. The molecular formula is C6H9NS. The van der Waals surface area contributed by atoms with Gasteiger partial charge in [0, 0.05) is 0 Å². The first-order valence-corrected chi connectivity index (χ1v) is 2.76. The zero-order valence-electron chi connectivity index (χ0n) is 5.14. The smallest absolute Gasteiger partial charge is 0.0831 e. The van der Waals surface area contributed by atoms with Gasteiger partial charge < -0.3 is 0 Å². The first-order valence-electron chi connectivity index (χ1n) is 2.35. The van der Waals surface area contributed by atoms with E-state index in [0.717, 1.165) is 0 Å². The summed E-state index contributed by atoms with van der Waals surface area (Å²) in [6.45, 7) is 7.40. The Hall–Kier alpha value is -0.460. The topological polar surface area (TPSA) is 12.4 Å². The van der Waals surface area contributed by atoms with Crippen LogP contribution in [0.4, 0.5) is 0 Å². The average molecular weight is 127 g/mol. The number of rotatable bonds is 2. The molecule has 0 heterocycles. The van der Waals surface area contributed by atoms with Crippen LogP contribution in [-0.2, 0) is 0 Å². The maximum absolute atomic E-state index is 4.40. The molecule has 0 aromatic rings. The van der Waals surface area contributed by atoms with Crippen LogP contribution in [0.1, 0.15) is 13.8 Å². The fourth-order valence-corrected chi connectivity index (χ4v) is 0.399. The van der Waals surface area contributed by atoms with Gasteiger partial charge in [0.2, 0.25) is 0 Å². The highest BCUT2D eigenvalue weighted by Crippen LogP contribution is 2.06. The van der Waals surface area contributed by atoms with Crippen molar-refractivity contribution in [3.63, 3.8) is 0 Å². The van der Waals surface area contributed by atoms with Gasteiger partial charge in [-0.05, 0) is 26.1 Å². The van der Waals surface area contributed by atoms with Crippen LogP contribution in [0.3, 0.4) is 0 Å². The van der Waals surface area contributed by atoms with E-state index in [9.17, 15) is 0 Å². The number of hydrogen-bond acceptors (Lipinski definition) is 2. The molecule has 0 bridgehead atoms. The number of aliphatic imine (C=N–C) groups is 1. The van der Waals surface area contributed by atoms with Crippen LogP contribution >= 0.6 is 12.2 Å². The summed E-state index contributed by atoms with van der Waals surface area (Å²) in [5.41, 5.74) is -0.234. The molecule has 1 nitrogen and oxygen atoms in total. The van der Waals surface area contributed by atoms with Crippen LogP contribution < -0.4 is 0 Å². The van der Waals surface area contributed by atoms with Crippen molar-refractivity contribution >= 4 is 17.4 Å². The lowest BCUT2D eigenvalue weighted by Gasteiger charge is -2.08. The van der Waals surface area contributed by atoms with E-state index in [1.54, 1.807) is 6.08 Å². The third-order valence-electron chi connectivity index (χ3n) is 0.833. The molecule has 0 aromatic heterocycles. The Kier molecular flexibility index (Phi) is 2.59. The van der Waals surface area contributed by atoms with Gasteiger partial charge in [0.1, 0.15) is 0 Å². The third kappa shape index (κ3) is 2.67. The van der Waals surface area contributed by atoms with Gasteiger partial charge in [-0.2, -0.15) is 0 Å². The lowest BCUT2D eigenvalue weighted by Crippen LogP contribution is -2.10. The van der Waals surface area contributed by atoms with Gasteiger partial charge in [0.15, 0.2) is 0 Å². The van der Waals surface area contributed by atoms with Crippen molar-refractivity contribution in [3.05, 3.63) is 12.7 Å². The number of hydrogen-bond donors (Lipinski definition) is 0. The summed E-state index contributed by atoms with van der Waals surface area (Å²) in [5.74, 6) is 0. The normalized spacial score (nSPS) is 9.75. The summed E-state index contributed by atoms with van der Waals surface area (Å²) in [4.78, 5) is 3.82. The highest BCUT2D eigenvalue weighted by atomic mass is 32.1. The molecule has 0 saturated carbocycles. The van der Waals surface area contributed by atoms with Gasteiger partial charge in [-0.25, -0.2) is 4.99 Å². The van der Waals surface area contributed by atoms with Crippen LogP contribution in [0.15, 0.2) is 17.6 Å². The average Bonchev–Trinajstić information content (AvgIpc) is 1.67. The zero-order valence-corrected chi connectivity index (χ0v) is 5.96. The second-order valence-electron chi connectivity index (χ2n) is 2.06. The predicted octanol–water partition coefficient (Wildman–Crippen LogP) is 2.05. The molecule has 0 unspecified atom stereocenters. The second-order valence-corrected chi connectivity index (χ2v) is 2.24. The van der Waals surface area contributed by atoms with E-state index in [1.807, 2.05) is 13.8 Å². The Morgan fingerprint density at radius 3 is 2.38 bits per heavy atom. The van der Waals surface area contributed by atoms with Crippen molar-refractivity contribution in [3.8, 4) is 0 Å². The van der Waals surface area contributed by atoms with E-state index in [0.29, 0.717) is 0 Å². The first kappa shape index (κ1) is 7.54. The highest BCUT2D eigenvalue weighted by Gasteiger charge is 2.07. The molecule has 0 aliphatic carbocycles. The van der Waals surface area contributed by atoms with Gasteiger partial charge in [0.05, 0.1) is 10.7 Å². The lowest BCUT2D eigenvalue weighted by molar-refractivity contribution is 0.665. The summed E-state index contributed by atoms with van der Waals surface area (Å²) < 4.78 is 0. The molecule has 0 aromatic carbocycles. The molecule has 0 saturated heterocycles. The largest absolute Gasteiger partial charge is 0.222 e. The van der Waals surface area contributed by atoms with Crippen LogP contribution in [0.2, 0.25) is 0 Å². The molecule has 0 radical (unpaired) electrons. The van der Waals surface area contributed by atoms with Crippen LogP contribution in [0, 0.1) is 0 Å². The molecule has 44 valence electrons. The van der Waals surface area contributed by atoms with Gasteiger partial charge in [-0.3, -0.25) is 0 Å². The van der Waals surface area contributed by atoms with Crippen LogP contribution in [0.25, 0.3) is 0 Å². The van der Waals surface area contributed by atoms with Crippen molar-refractivity contribution in [2.45, 2.75) is 19.4 Å². The van der Waals surface area contributed by atoms with Crippen molar-refractivity contribution < 1.29 is 0 Å². The third-order valence-corrected chi connectivity index (χ3v) is 0.925. The molecule has 2 heteroatoms. The maximum atomic E-state index is 4.40. The molecule has 0 aliphatic rings. The van der Waals surface area contributed by atoms with E-state index >= 15 is 0 Å². The molecule has 8 heavy (non-hydrogen) atoms. The Morgan fingerprint density at radius 1 is 1.75 bits per heavy atom. The minimum atomic E-state index is -0.234. The van der Waals surface area contributed by atoms with Gasteiger partial charge >= 0.3 is 0 Å². The van der Waals surface area contributed by atoms with Crippen molar-refractivity contribution in [2.75, 3.05) is 0 Å². The van der Waals surface area contributed by atoms with E-state index in [-0.39, 0.29) is 5.54 Å². The standard InChI is InChI=1S/C6H9NS/c1-4-6(2,3)7-5-8/h4H,1H2,2-3H3. The quantitative estimate of drug-likeness (QED) is 0.314. The van der Waals surface area contributed by atoms with Gasteiger partial charge in [0.25, 0.3) is 0 Å². The van der Waals surface area contributed by atoms with Crippen molar-refractivity contribution in [2.24, 2.45) is 4.99 Å². The Balaban J connectivity index is 4.11. The Labute approximate surface area is 55.1 Å². The fourth-order valence-electron chi connectivity index (χ4n) is 0.163. The lowest BCUT2D eigenvalue weighted by atomic mass is 10.1. The molecule has 0 rings (SSSR count). The van der Waals surface area contributed by atoms with Crippen LogP contribution in [0.5, 0.6) is 0 Å². The monoisotopic (exact) mass is 127 g/mol. The van der Waals surface area contributed by atoms with E-state index < -0.39 is 0 Å².